The van der Waals surface area contributed by atoms with Gasteiger partial charge in [-0.2, -0.15) is 0 Å². The van der Waals surface area contributed by atoms with Crippen LogP contribution in [0.2, 0.25) is 0 Å². The summed E-state index contributed by atoms with van der Waals surface area (Å²) in [5, 5.41) is 12.8. The van der Waals surface area contributed by atoms with E-state index < -0.39 is 0 Å². The number of benzene rings is 2. The maximum Gasteiger partial charge on any atom is 0.278 e. The van der Waals surface area contributed by atoms with Crippen LogP contribution in [-0.4, -0.2) is 14.5 Å². The van der Waals surface area contributed by atoms with Crippen molar-refractivity contribution in [1.29, 1.82) is 0 Å². The van der Waals surface area contributed by atoms with Crippen molar-refractivity contribution in [3.8, 4) is 10.6 Å². The highest BCUT2D eigenvalue weighted by Gasteiger charge is 2.15. The lowest BCUT2D eigenvalue weighted by Gasteiger charge is -2.04. The van der Waals surface area contributed by atoms with Gasteiger partial charge in [-0.25, -0.2) is 4.98 Å². The molecule has 0 spiro atoms. The first-order valence-corrected chi connectivity index (χ1v) is 8.69. The number of hydrogen-bond acceptors (Lipinski definition) is 4. The number of fused-ring (bicyclic) bond motifs is 1. The first kappa shape index (κ1) is 15.5. The van der Waals surface area contributed by atoms with E-state index in [9.17, 15) is 10.1 Å². The van der Waals surface area contributed by atoms with Gasteiger partial charge in [0, 0.05) is 22.7 Å². The smallest absolute Gasteiger partial charge is 0.278 e. The molecule has 0 aliphatic carbocycles. The number of rotatable bonds is 4. The summed E-state index contributed by atoms with van der Waals surface area (Å²) in [6, 6.07) is 17.1. The first-order chi connectivity index (χ1) is 12.1. The van der Waals surface area contributed by atoms with E-state index in [4.69, 9.17) is 0 Å². The van der Waals surface area contributed by atoms with E-state index in [1.165, 1.54) is 6.07 Å². The maximum absolute atomic E-state index is 11.2. The Balaban J connectivity index is 1.72. The van der Waals surface area contributed by atoms with Gasteiger partial charge in [0.1, 0.15) is 5.01 Å². The second-order valence-corrected chi connectivity index (χ2v) is 6.89. The Morgan fingerprint density at radius 2 is 1.92 bits per heavy atom. The maximum atomic E-state index is 11.2. The van der Waals surface area contributed by atoms with Crippen LogP contribution in [0.3, 0.4) is 0 Å². The summed E-state index contributed by atoms with van der Waals surface area (Å²) < 4.78 is 2.04. The molecule has 25 heavy (non-hydrogen) atoms. The monoisotopic (exact) mass is 349 g/mol. The molecule has 4 aromatic rings. The van der Waals surface area contributed by atoms with Crippen molar-refractivity contribution in [2.24, 2.45) is 0 Å². The van der Waals surface area contributed by atoms with Gasteiger partial charge < -0.3 is 4.57 Å². The molecule has 0 aliphatic heterocycles. The summed E-state index contributed by atoms with van der Waals surface area (Å²) in [4.78, 5) is 16.7. The van der Waals surface area contributed by atoms with E-state index in [-0.39, 0.29) is 10.6 Å². The van der Waals surface area contributed by atoms with Gasteiger partial charge in [0.05, 0.1) is 28.1 Å². The minimum Gasteiger partial charge on any atom is -0.342 e. The number of nitrogens with zero attached hydrogens (tertiary/aromatic N) is 3. The Morgan fingerprint density at radius 3 is 2.68 bits per heavy atom. The van der Waals surface area contributed by atoms with Gasteiger partial charge in [-0.05, 0) is 19.1 Å². The molecule has 2 aromatic carbocycles. The Labute approximate surface area is 148 Å². The standard InChI is InChI=1S/C19H15N3O2S/c1-13-18(25-19(20-13)14-6-3-2-4-7-14)12-21-11-10-15-16(21)8-5-9-17(15)22(23)24/h2-11H,12H2,1H3. The van der Waals surface area contributed by atoms with Crippen LogP contribution >= 0.6 is 11.3 Å². The van der Waals surface area contributed by atoms with E-state index in [0.717, 1.165) is 26.7 Å². The van der Waals surface area contributed by atoms with Crippen LogP contribution in [-0.2, 0) is 6.54 Å². The van der Waals surface area contributed by atoms with Crippen LogP contribution < -0.4 is 0 Å². The molecular formula is C19H15N3O2S. The lowest BCUT2D eigenvalue weighted by atomic mass is 10.2. The van der Waals surface area contributed by atoms with Crippen molar-refractivity contribution in [2.45, 2.75) is 13.5 Å². The average Bonchev–Trinajstić information content (AvgIpc) is 3.20. The lowest BCUT2D eigenvalue weighted by Crippen LogP contribution is -1.97. The van der Waals surface area contributed by atoms with Crippen molar-refractivity contribution < 1.29 is 4.92 Å². The van der Waals surface area contributed by atoms with Crippen LogP contribution in [0.4, 0.5) is 5.69 Å². The van der Waals surface area contributed by atoms with Gasteiger partial charge >= 0.3 is 0 Å². The number of nitro benzene ring substituents is 1. The first-order valence-electron chi connectivity index (χ1n) is 7.87. The van der Waals surface area contributed by atoms with Crippen LogP contribution in [0.15, 0.2) is 60.8 Å². The van der Waals surface area contributed by atoms with Gasteiger partial charge in [0.15, 0.2) is 0 Å². The number of aryl methyl sites for hydroxylation is 1. The second-order valence-electron chi connectivity index (χ2n) is 5.80. The van der Waals surface area contributed by atoms with Gasteiger partial charge in [0.25, 0.3) is 5.69 Å². The summed E-state index contributed by atoms with van der Waals surface area (Å²) in [7, 11) is 0. The molecule has 0 amide bonds. The predicted octanol–water partition coefficient (Wildman–Crippen LogP) is 5.03. The molecule has 6 heteroatoms. The average molecular weight is 349 g/mol. The Morgan fingerprint density at radius 1 is 1.12 bits per heavy atom. The van der Waals surface area contributed by atoms with Crippen molar-refractivity contribution in [2.75, 3.05) is 0 Å². The van der Waals surface area contributed by atoms with Crippen LogP contribution in [0, 0.1) is 17.0 Å². The van der Waals surface area contributed by atoms with Crippen LogP contribution in [0.1, 0.15) is 10.6 Å². The van der Waals surface area contributed by atoms with Crippen molar-refractivity contribution in [1.82, 2.24) is 9.55 Å². The molecule has 0 atom stereocenters. The lowest BCUT2D eigenvalue weighted by molar-refractivity contribution is -0.383. The minimum absolute atomic E-state index is 0.141. The SMILES string of the molecule is Cc1nc(-c2ccccc2)sc1Cn1ccc2c([N+](=O)[O-])cccc21. The summed E-state index contributed by atoms with van der Waals surface area (Å²) in [5.41, 5.74) is 3.11. The highest BCUT2D eigenvalue weighted by molar-refractivity contribution is 7.15. The molecule has 0 saturated heterocycles. The van der Waals surface area contributed by atoms with E-state index in [0.29, 0.717) is 11.9 Å². The Hall–Kier alpha value is -2.99. The third-order valence-corrected chi connectivity index (χ3v) is 5.41. The summed E-state index contributed by atoms with van der Waals surface area (Å²) in [5.74, 6) is 0. The molecular weight excluding hydrogens is 334 g/mol. The third-order valence-electron chi connectivity index (χ3n) is 4.21. The quantitative estimate of drug-likeness (QED) is 0.383. The molecule has 0 saturated carbocycles. The van der Waals surface area contributed by atoms with Gasteiger partial charge in [-0.3, -0.25) is 10.1 Å². The van der Waals surface area contributed by atoms with Crippen LogP contribution in [0.25, 0.3) is 21.5 Å². The molecule has 0 aliphatic rings. The molecule has 0 N–H and O–H groups in total. The minimum atomic E-state index is -0.335. The molecule has 2 heterocycles. The fourth-order valence-electron chi connectivity index (χ4n) is 2.94. The molecule has 0 unspecified atom stereocenters. The molecule has 0 fully saturated rings. The fourth-order valence-corrected chi connectivity index (χ4v) is 4.00. The Bertz CT molecular complexity index is 1070. The zero-order chi connectivity index (χ0) is 17.4. The van der Waals surface area contributed by atoms with E-state index in [1.807, 2.05) is 48.0 Å². The molecule has 0 bridgehead atoms. The topological polar surface area (TPSA) is 61.0 Å². The molecule has 5 nitrogen and oxygen atoms in total. The van der Waals surface area contributed by atoms with Gasteiger partial charge in [0.2, 0.25) is 0 Å². The zero-order valence-electron chi connectivity index (χ0n) is 13.5. The summed E-state index contributed by atoms with van der Waals surface area (Å²) in [6.07, 6.45) is 1.90. The number of aromatic nitrogens is 2. The fraction of sp³-hybridized carbons (Fsp3) is 0.105. The number of non-ortho nitro benzene ring substituents is 1. The van der Waals surface area contributed by atoms with Gasteiger partial charge in [-0.1, -0.05) is 36.4 Å². The highest BCUT2D eigenvalue weighted by Crippen LogP contribution is 2.31. The summed E-state index contributed by atoms with van der Waals surface area (Å²) >= 11 is 1.66. The number of hydrogen-bond donors (Lipinski definition) is 0. The highest BCUT2D eigenvalue weighted by atomic mass is 32.1. The van der Waals surface area contributed by atoms with E-state index in [1.54, 1.807) is 17.4 Å². The molecule has 2 aromatic heterocycles. The Kier molecular flexibility index (Phi) is 3.82. The number of nitro groups is 1. The summed E-state index contributed by atoms with van der Waals surface area (Å²) in [6.45, 7) is 2.66. The van der Waals surface area contributed by atoms with Crippen molar-refractivity contribution in [3.63, 3.8) is 0 Å². The normalized spacial score (nSPS) is 11.1. The van der Waals surface area contributed by atoms with Crippen molar-refractivity contribution >= 4 is 27.9 Å². The van der Waals surface area contributed by atoms with Crippen molar-refractivity contribution in [3.05, 3.63) is 81.5 Å². The largest absolute Gasteiger partial charge is 0.342 e. The number of thiazole rings is 1. The van der Waals surface area contributed by atoms with Gasteiger partial charge in [-0.15, -0.1) is 11.3 Å². The third kappa shape index (κ3) is 2.81. The van der Waals surface area contributed by atoms with Crippen LogP contribution in [0.5, 0.6) is 0 Å². The molecule has 124 valence electrons. The second kappa shape index (κ2) is 6.14. The zero-order valence-corrected chi connectivity index (χ0v) is 14.4. The van der Waals surface area contributed by atoms with E-state index >= 15 is 0 Å². The van der Waals surface area contributed by atoms with E-state index in [2.05, 4.69) is 17.1 Å². The molecule has 4 rings (SSSR count). The molecule has 0 radical (unpaired) electrons. The predicted molar refractivity (Wildman–Crippen MR) is 100.0 cm³/mol.